The molecule has 1 N–H and O–H groups in total. The molecule has 1 aliphatic rings. The Balaban J connectivity index is 2.19. The van der Waals surface area contributed by atoms with Crippen LogP contribution in [0.3, 0.4) is 0 Å². The molecule has 106 valence electrons. The summed E-state index contributed by atoms with van der Waals surface area (Å²) in [7, 11) is 1.81. The topological polar surface area (TPSA) is 63.2 Å². The van der Waals surface area contributed by atoms with Crippen molar-refractivity contribution in [3.63, 3.8) is 0 Å². The van der Waals surface area contributed by atoms with E-state index in [1.54, 1.807) is 7.05 Å². The highest BCUT2D eigenvalue weighted by Gasteiger charge is 2.21. The maximum absolute atomic E-state index is 5.40. The summed E-state index contributed by atoms with van der Waals surface area (Å²) in [5.74, 6) is 2.02. The Morgan fingerprint density at radius 3 is 2.84 bits per heavy atom. The van der Waals surface area contributed by atoms with Crippen molar-refractivity contribution in [1.82, 2.24) is 15.0 Å². The monoisotopic (exact) mass is 265 g/mol. The van der Waals surface area contributed by atoms with Crippen molar-refractivity contribution in [1.29, 1.82) is 0 Å². The van der Waals surface area contributed by atoms with Crippen molar-refractivity contribution in [3.05, 3.63) is 0 Å². The molecule has 1 aliphatic heterocycles. The molecule has 0 spiro atoms. The second kappa shape index (κ2) is 6.54. The van der Waals surface area contributed by atoms with Crippen molar-refractivity contribution in [2.75, 3.05) is 37.0 Å². The molecule has 2 heterocycles. The second-order valence-corrected chi connectivity index (χ2v) is 4.79. The summed E-state index contributed by atoms with van der Waals surface area (Å²) >= 11 is 0. The number of aromatic nitrogens is 3. The predicted octanol–water partition coefficient (Wildman–Crippen LogP) is 1.94. The van der Waals surface area contributed by atoms with Gasteiger partial charge in [-0.1, -0.05) is 13.3 Å². The number of nitrogens with one attached hydrogen (secondary N) is 1. The highest BCUT2D eigenvalue weighted by atomic mass is 16.5. The molecule has 1 fully saturated rings. The lowest BCUT2D eigenvalue weighted by Gasteiger charge is -2.32. The summed E-state index contributed by atoms with van der Waals surface area (Å²) in [5.41, 5.74) is 0. The fraction of sp³-hybridized carbons (Fsp3) is 0.769. The molecule has 0 aliphatic carbocycles. The molecule has 0 radical (unpaired) electrons. The molecule has 0 saturated carbocycles. The van der Waals surface area contributed by atoms with Crippen LogP contribution in [0.5, 0.6) is 6.01 Å². The van der Waals surface area contributed by atoms with E-state index in [9.17, 15) is 0 Å². The summed E-state index contributed by atoms with van der Waals surface area (Å²) < 4.78 is 5.40. The van der Waals surface area contributed by atoms with Gasteiger partial charge in [0.1, 0.15) is 0 Å². The molecule has 1 saturated heterocycles. The molecule has 0 amide bonds. The van der Waals surface area contributed by atoms with E-state index < -0.39 is 0 Å². The van der Waals surface area contributed by atoms with Crippen LogP contribution in [-0.4, -0.2) is 41.7 Å². The Morgan fingerprint density at radius 2 is 2.16 bits per heavy atom. The molecular weight excluding hydrogens is 242 g/mol. The molecule has 1 aromatic rings. The standard InChI is InChI=1S/C13H23N5O/c1-4-10-7-6-8-18(9-10)12-15-11(14-3)16-13(17-12)19-5-2/h10H,4-9H2,1-3H3,(H,14,15,16,17). The SMILES string of the molecule is CCOc1nc(NC)nc(N2CCCC(CC)C2)n1. The van der Waals surface area contributed by atoms with Crippen molar-refractivity contribution < 1.29 is 4.74 Å². The Morgan fingerprint density at radius 1 is 1.32 bits per heavy atom. The van der Waals surface area contributed by atoms with E-state index in [0.717, 1.165) is 25.0 Å². The molecular formula is C13H23N5O. The Kier molecular flexibility index (Phi) is 4.76. The van der Waals surface area contributed by atoms with Gasteiger partial charge in [-0.15, -0.1) is 0 Å². The Hall–Kier alpha value is -1.59. The molecule has 6 nitrogen and oxygen atoms in total. The number of hydrogen-bond donors (Lipinski definition) is 1. The number of anilines is 2. The van der Waals surface area contributed by atoms with Crippen LogP contribution >= 0.6 is 0 Å². The van der Waals surface area contributed by atoms with E-state index in [2.05, 4.69) is 32.1 Å². The van der Waals surface area contributed by atoms with E-state index >= 15 is 0 Å². The van der Waals surface area contributed by atoms with Crippen LogP contribution in [0.4, 0.5) is 11.9 Å². The van der Waals surface area contributed by atoms with E-state index in [0.29, 0.717) is 18.6 Å². The van der Waals surface area contributed by atoms with Crippen LogP contribution in [0.25, 0.3) is 0 Å². The Labute approximate surface area is 114 Å². The third-order valence-corrected chi connectivity index (χ3v) is 3.48. The van der Waals surface area contributed by atoms with Crippen LogP contribution in [0.2, 0.25) is 0 Å². The Bertz CT molecular complexity index is 412. The van der Waals surface area contributed by atoms with Gasteiger partial charge < -0.3 is 15.0 Å². The fourth-order valence-electron chi connectivity index (χ4n) is 2.37. The first-order chi connectivity index (χ1) is 9.26. The van der Waals surface area contributed by atoms with Gasteiger partial charge in [0, 0.05) is 20.1 Å². The molecule has 6 heteroatoms. The van der Waals surface area contributed by atoms with Crippen LogP contribution < -0.4 is 15.0 Å². The van der Waals surface area contributed by atoms with Crippen LogP contribution in [0, 0.1) is 5.92 Å². The van der Waals surface area contributed by atoms with Crippen LogP contribution in [-0.2, 0) is 0 Å². The zero-order chi connectivity index (χ0) is 13.7. The van der Waals surface area contributed by atoms with E-state index in [-0.39, 0.29) is 0 Å². The minimum atomic E-state index is 0.399. The van der Waals surface area contributed by atoms with Crippen LogP contribution in [0.1, 0.15) is 33.1 Å². The zero-order valence-corrected chi connectivity index (χ0v) is 12.0. The minimum absolute atomic E-state index is 0.399. The maximum atomic E-state index is 5.40. The first-order valence-electron chi connectivity index (χ1n) is 7.08. The van der Waals surface area contributed by atoms with E-state index in [1.165, 1.54) is 19.3 Å². The van der Waals surface area contributed by atoms with Gasteiger partial charge in [-0.05, 0) is 25.7 Å². The lowest BCUT2D eigenvalue weighted by atomic mass is 9.96. The third kappa shape index (κ3) is 3.45. The van der Waals surface area contributed by atoms with Crippen molar-refractivity contribution in [3.8, 4) is 6.01 Å². The van der Waals surface area contributed by atoms with Gasteiger partial charge in [-0.25, -0.2) is 0 Å². The van der Waals surface area contributed by atoms with Gasteiger partial charge in [-0.3, -0.25) is 0 Å². The average molecular weight is 265 g/mol. The van der Waals surface area contributed by atoms with Crippen molar-refractivity contribution in [2.45, 2.75) is 33.1 Å². The summed E-state index contributed by atoms with van der Waals surface area (Å²) in [6.45, 7) is 6.76. The largest absolute Gasteiger partial charge is 0.464 e. The van der Waals surface area contributed by atoms with Gasteiger partial charge in [0.25, 0.3) is 0 Å². The molecule has 1 unspecified atom stereocenters. The quantitative estimate of drug-likeness (QED) is 0.877. The molecule has 0 aromatic carbocycles. The number of ether oxygens (including phenoxy) is 1. The molecule has 1 aromatic heterocycles. The highest BCUT2D eigenvalue weighted by molar-refractivity contribution is 5.38. The lowest BCUT2D eigenvalue weighted by molar-refractivity contribution is 0.311. The van der Waals surface area contributed by atoms with Gasteiger partial charge in [0.15, 0.2) is 0 Å². The molecule has 2 rings (SSSR count). The number of hydrogen-bond acceptors (Lipinski definition) is 6. The molecule has 19 heavy (non-hydrogen) atoms. The lowest BCUT2D eigenvalue weighted by Crippen LogP contribution is -2.36. The normalized spacial score (nSPS) is 19.3. The minimum Gasteiger partial charge on any atom is -0.464 e. The summed E-state index contributed by atoms with van der Waals surface area (Å²) in [6, 6.07) is 0.399. The second-order valence-electron chi connectivity index (χ2n) is 4.79. The summed E-state index contributed by atoms with van der Waals surface area (Å²) in [5, 5.41) is 2.96. The summed E-state index contributed by atoms with van der Waals surface area (Å²) in [4.78, 5) is 15.3. The molecule has 0 bridgehead atoms. The fourth-order valence-corrected chi connectivity index (χ4v) is 2.37. The van der Waals surface area contributed by atoms with Crippen molar-refractivity contribution >= 4 is 11.9 Å². The van der Waals surface area contributed by atoms with Gasteiger partial charge >= 0.3 is 6.01 Å². The number of nitrogens with zero attached hydrogens (tertiary/aromatic N) is 4. The van der Waals surface area contributed by atoms with Crippen LogP contribution in [0.15, 0.2) is 0 Å². The first kappa shape index (κ1) is 13.8. The number of rotatable bonds is 5. The predicted molar refractivity (Wildman–Crippen MR) is 75.8 cm³/mol. The highest BCUT2D eigenvalue weighted by Crippen LogP contribution is 2.24. The zero-order valence-electron chi connectivity index (χ0n) is 12.0. The first-order valence-corrected chi connectivity index (χ1v) is 7.08. The smallest absolute Gasteiger partial charge is 0.323 e. The maximum Gasteiger partial charge on any atom is 0.323 e. The van der Waals surface area contributed by atoms with E-state index in [1.807, 2.05) is 6.92 Å². The van der Waals surface area contributed by atoms with Gasteiger partial charge in [0.2, 0.25) is 11.9 Å². The third-order valence-electron chi connectivity index (χ3n) is 3.48. The van der Waals surface area contributed by atoms with Gasteiger partial charge in [-0.2, -0.15) is 15.0 Å². The average Bonchev–Trinajstić information content (AvgIpc) is 2.47. The van der Waals surface area contributed by atoms with E-state index in [4.69, 9.17) is 4.74 Å². The van der Waals surface area contributed by atoms with Gasteiger partial charge in [0.05, 0.1) is 6.61 Å². The van der Waals surface area contributed by atoms with Crippen molar-refractivity contribution in [2.24, 2.45) is 5.92 Å². The molecule has 1 atom stereocenters. The summed E-state index contributed by atoms with van der Waals surface area (Å²) in [6.07, 6.45) is 3.71. The number of piperidine rings is 1.